The van der Waals surface area contributed by atoms with E-state index in [1.54, 1.807) is 12.4 Å². The predicted molar refractivity (Wildman–Crippen MR) is 100 cm³/mol. The van der Waals surface area contributed by atoms with Gasteiger partial charge < -0.3 is 15.1 Å². The molecule has 136 valence electrons. The minimum absolute atomic E-state index is 0.0955. The average molecular weight is 352 g/mol. The zero-order valence-corrected chi connectivity index (χ0v) is 15.1. The monoisotopic (exact) mass is 352 g/mol. The van der Waals surface area contributed by atoms with Crippen LogP contribution in [0.3, 0.4) is 0 Å². The molecule has 0 atom stereocenters. The number of carbonyl (C=O) groups is 1. The summed E-state index contributed by atoms with van der Waals surface area (Å²) in [5.41, 5.74) is 1.85. The molecule has 2 aliphatic rings. The van der Waals surface area contributed by atoms with Gasteiger partial charge in [0.15, 0.2) is 0 Å². The normalized spacial score (nSPS) is 17.7. The zero-order valence-electron chi connectivity index (χ0n) is 15.1. The largest absolute Gasteiger partial charge is 0.353 e. The molecule has 2 aromatic rings. The number of anilines is 2. The van der Waals surface area contributed by atoms with Crippen LogP contribution in [0.25, 0.3) is 0 Å². The molecule has 7 heteroatoms. The molecule has 2 amide bonds. The molecular weight excluding hydrogens is 328 g/mol. The molecule has 2 aromatic heterocycles. The quantitative estimate of drug-likeness (QED) is 0.919. The zero-order chi connectivity index (χ0) is 17.9. The average Bonchev–Trinajstić information content (AvgIpc) is 2.62. The molecule has 0 aromatic carbocycles. The fourth-order valence-electron chi connectivity index (χ4n) is 3.31. The Labute approximate surface area is 153 Å². The summed E-state index contributed by atoms with van der Waals surface area (Å²) in [4.78, 5) is 29.7. The van der Waals surface area contributed by atoms with Crippen LogP contribution in [0.15, 0.2) is 30.7 Å². The molecule has 0 unspecified atom stereocenters. The van der Waals surface area contributed by atoms with Crippen LogP contribution in [0.1, 0.15) is 36.6 Å². The second-order valence-electron chi connectivity index (χ2n) is 7.05. The summed E-state index contributed by atoms with van der Waals surface area (Å²) in [7, 11) is 0. The maximum atomic E-state index is 12.5. The molecule has 0 spiro atoms. The van der Waals surface area contributed by atoms with E-state index < -0.39 is 0 Å². The Balaban J connectivity index is 1.30. The van der Waals surface area contributed by atoms with Gasteiger partial charge in [-0.05, 0) is 37.5 Å². The van der Waals surface area contributed by atoms with Crippen LogP contribution in [0, 0.1) is 6.92 Å². The Morgan fingerprint density at radius 3 is 2.46 bits per heavy atom. The van der Waals surface area contributed by atoms with E-state index >= 15 is 0 Å². The van der Waals surface area contributed by atoms with Crippen molar-refractivity contribution in [1.29, 1.82) is 0 Å². The molecule has 7 nitrogen and oxygen atoms in total. The number of urea groups is 1. The summed E-state index contributed by atoms with van der Waals surface area (Å²) in [6, 6.07) is 3.98. The number of hydrogen-bond donors (Lipinski definition) is 1. The van der Waals surface area contributed by atoms with Crippen molar-refractivity contribution in [2.45, 2.75) is 32.1 Å². The van der Waals surface area contributed by atoms with Crippen LogP contribution in [0.4, 0.5) is 16.3 Å². The number of pyridine rings is 1. The van der Waals surface area contributed by atoms with E-state index in [2.05, 4.69) is 38.2 Å². The maximum Gasteiger partial charge on any atom is 0.322 e. The molecule has 1 aliphatic carbocycles. The number of nitrogens with one attached hydrogen (secondary N) is 1. The standard InChI is InChI=1S/C19H24N6O/c1-14-5-6-20-17(11-14)24-7-9-25(10-8-24)19(26)23-16-12-21-18(22-13-16)15-3-2-4-15/h5-6,11-13,15H,2-4,7-10H2,1H3,(H,23,26). The van der Waals surface area contributed by atoms with E-state index in [1.165, 1.54) is 24.8 Å². The highest BCUT2D eigenvalue weighted by molar-refractivity contribution is 5.89. The van der Waals surface area contributed by atoms with E-state index in [1.807, 2.05) is 17.2 Å². The highest BCUT2D eigenvalue weighted by Crippen LogP contribution is 2.34. The molecular formula is C19H24N6O. The van der Waals surface area contributed by atoms with Gasteiger partial charge in [-0.25, -0.2) is 19.7 Å². The van der Waals surface area contributed by atoms with Gasteiger partial charge >= 0.3 is 6.03 Å². The first kappa shape index (κ1) is 16.8. The highest BCUT2D eigenvalue weighted by Gasteiger charge is 2.23. The molecule has 4 rings (SSSR count). The molecule has 1 N–H and O–H groups in total. The third-order valence-electron chi connectivity index (χ3n) is 5.19. The van der Waals surface area contributed by atoms with Gasteiger partial charge in [0, 0.05) is 38.3 Å². The lowest BCUT2D eigenvalue weighted by molar-refractivity contribution is 0.208. The smallest absolute Gasteiger partial charge is 0.322 e. The van der Waals surface area contributed by atoms with E-state index in [-0.39, 0.29) is 6.03 Å². The Morgan fingerprint density at radius 1 is 1.12 bits per heavy atom. The number of nitrogens with zero attached hydrogens (tertiary/aromatic N) is 5. The summed E-state index contributed by atoms with van der Waals surface area (Å²) in [5, 5.41) is 2.91. The fourth-order valence-corrected chi connectivity index (χ4v) is 3.31. The van der Waals surface area contributed by atoms with Crippen molar-refractivity contribution in [2.24, 2.45) is 0 Å². The number of carbonyl (C=O) groups excluding carboxylic acids is 1. The van der Waals surface area contributed by atoms with Gasteiger partial charge in [0.05, 0.1) is 18.1 Å². The third-order valence-corrected chi connectivity index (χ3v) is 5.19. The lowest BCUT2D eigenvalue weighted by Crippen LogP contribution is -2.50. The minimum atomic E-state index is -0.0955. The number of piperazine rings is 1. The second kappa shape index (κ2) is 7.27. The van der Waals surface area contributed by atoms with E-state index in [4.69, 9.17) is 0 Å². The van der Waals surface area contributed by atoms with Gasteiger partial charge in [0.25, 0.3) is 0 Å². The molecule has 26 heavy (non-hydrogen) atoms. The SMILES string of the molecule is Cc1ccnc(N2CCN(C(=O)Nc3cnc(C4CCC4)nc3)CC2)c1. The van der Waals surface area contributed by atoms with E-state index in [9.17, 15) is 4.79 Å². The first-order valence-corrected chi connectivity index (χ1v) is 9.24. The Kier molecular flexibility index (Phi) is 4.69. The Hall–Kier alpha value is -2.70. The summed E-state index contributed by atoms with van der Waals surface area (Å²) < 4.78 is 0. The van der Waals surface area contributed by atoms with Crippen molar-refractivity contribution in [2.75, 3.05) is 36.4 Å². The van der Waals surface area contributed by atoms with Crippen LogP contribution in [0.2, 0.25) is 0 Å². The Morgan fingerprint density at radius 2 is 1.85 bits per heavy atom. The molecule has 0 bridgehead atoms. The van der Waals surface area contributed by atoms with Crippen molar-refractivity contribution in [1.82, 2.24) is 19.9 Å². The molecule has 1 saturated heterocycles. The molecule has 0 radical (unpaired) electrons. The topological polar surface area (TPSA) is 74.2 Å². The summed E-state index contributed by atoms with van der Waals surface area (Å²) in [5.74, 6) is 2.38. The van der Waals surface area contributed by atoms with Gasteiger partial charge in [0.2, 0.25) is 0 Å². The van der Waals surface area contributed by atoms with Crippen LogP contribution in [-0.2, 0) is 0 Å². The third kappa shape index (κ3) is 3.61. The van der Waals surface area contributed by atoms with Gasteiger partial charge in [0.1, 0.15) is 11.6 Å². The molecule has 1 aliphatic heterocycles. The maximum absolute atomic E-state index is 12.5. The van der Waals surface area contributed by atoms with E-state index in [0.29, 0.717) is 24.7 Å². The number of amides is 2. The van der Waals surface area contributed by atoms with Gasteiger partial charge in [-0.2, -0.15) is 0 Å². The van der Waals surface area contributed by atoms with E-state index in [0.717, 1.165) is 24.7 Å². The van der Waals surface area contributed by atoms with Gasteiger partial charge in [-0.3, -0.25) is 0 Å². The molecule has 1 saturated carbocycles. The predicted octanol–water partition coefficient (Wildman–Crippen LogP) is 2.80. The van der Waals surface area contributed by atoms with Crippen LogP contribution in [-0.4, -0.2) is 52.1 Å². The second-order valence-corrected chi connectivity index (χ2v) is 7.05. The summed E-state index contributed by atoms with van der Waals surface area (Å²) in [6.07, 6.45) is 8.86. The summed E-state index contributed by atoms with van der Waals surface area (Å²) in [6.45, 7) is 4.96. The van der Waals surface area contributed by atoms with Crippen molar-refractivity contribution in [3.05, 3.63) is 42.1 Å². The number of aromatic nitrogens is 3. The van der Waals surface area contributed by atoms with Crippen molar-refractivity contribution in [3.8, 4) is 0 Å². The van der Waals surface area contributed by atoms with Crippen molar-refractivity contribution in [3.63, 3.8) is 0 Å². The highest BCUT2D eigenvalue weighted by atomic mass is 16.2. The number of rotatable bonds is 3. The summed E-state index contributed by atoms with van der Waals surface area (Å²) >= 11 is 0. The molecule has 2 fully saturated rings. The fraction of sp³-hybridized carbons (Fsp3) is 0.474. The number of hydrogen-bond acceptors (Lipinski definition) is 5. The number of aryl methyl sites for hydroxylation is 1. The first-order chi connectivity index (χ1) is 12.7. The minimum Gasteiger partial charge on any atom is -0.353 e. The van der Waals surface area contributed by atoms with Crippen LogP contribution < -0.4 is 10.2 Å². The first-order valence-electron chi connectivity index (χ1n) is 9.24. The van der Waals surface area contributed by atoms with Crippen LogP contribution >= 0.6 is 0 Å². The molecule has 3 heterocycles. The van der Waals surface area contributed by atoms with Gasteiger partial charge in [-0.15, -0.1) is 0 Å². The van der Waals surface area contributed by atoms with Crippen molar-refractivity contribution >= 4 is 17.5 Å². The van der Waals surface area contributed by atoms with Gasteiger partial charge in [-0.1, -0.05) is 6.42 Å². The Bertz CT molecular complexity index is 766. The van der Waals surface area contributed by atoms with Crippen molar-refractivity contribution < 1.29 is 4.79 Å². The van der Waals surface area contributed by atoms with Crippen LogP contribution in [0.5, 0.6) is 0 Å². The lowest BCUT2D eigenvalue weighted by Gasteiger charge is -2.35. The lowest BCUT2D eigenvalue weighted by atomic mass is 9.85.